The summed E-state index contributed by atoms with van der Waals surface area (Å²) in [6.07, 6.45) is 6.34. The van der Waals surface area contributed by atoms with Crippen molar-refractivity contribution >= 4 is 16.2 Å². The van der Waals surface area contributed by atoms with Gasteiger partial charge in [-0.25, -0.2) is 0 Å². The number of nitrogens with zero attached hydrogens (tertiary/aromatic N) is 1. The Labute approximate surface area is 128 Å². The number of rotatable bonds is 9. The van der Waals surface area contributed by atoms with Gasteiger partial charge in [0.2, 0.25) is 0 Å². The lowest BCUT2D eigenvalue weighted by Gasteiger charge is -2.33. The summed E-state index contributed by atoms with van der Waals surface area (Å²) in [7, 11) is -3.73. The zero-order valence-electron chi connectivity index (χ0n) is 13.0. The lowest BCUT2D eigenvalue weighted by atomic mass is 10.1. The second-order valence-electron chi connectivity index (χ2n) is 5.71. The van der Waals surface area contributed by atoms with Gasteiger partial charge in [-0.1, -0.05) is 33.1 Å². The van der Waals surface area contributed by atoms with Crippen LogP contribution in [-0.4, -0.2) is 42.4 Å². The van der Waals surface area contributed by atoms with Crippen LogP contribution in [0.15, 0.2) is 0 Å². The smallest absolute Gasteiger partial charge is 0.322 e. The minimum atomic E-state index is -3.73. The Bertz CT molecular complexity index is 425. The van der Waals surface area contributed by atoms with Gasteiger partial charge < -0.3 is 5.11 Å². The molecule has 0 amide bonds. The first-order valence-corrected chi connectivity index (χ1v) is 9.38. The van der Waals surface area contributed by atoms with E-state index in [-0.39, 0.29) is 6.04 Å². The molecule has 2 unspecified atom stereocenters. The van der Waals surface area contributed by atoms with Crippen molar-refractivity contribution in [3.05, 3.63) is 0 Å². The average Bonchev–Trinajstić information content (AvgIpc) is 2.44. The van der Waals surface area contributed by atoms with E-state index in [0.717, 1.165) is 49.3 Å². The first kappa shape index (κ1) is 18.4. The van der Waals surface area contributed by atoms with E-state index in [1.807, 2.05) is 6.92 Å². The van der Waals surface area contributed by atoms with Crippen molar-refractivity contribution in [2.24, 2.45) is 0 Å². The molecular formula is C14H28N2O4S. The first-order valence-electron chi connectivity index (χ1n) is 7.94. The molecule has 21 heavy (non-hydrogen) atoms. The minimum absolute atomic E-state index is 0.101. The van der Waals surface area contributed by atoms with E-state index in [4.69, 9.17) is 0 Å². The molecule has 0 aliphatic carbocycles. The number of hydrogen-bond acceptors (Lipinski definition) is 3. The van der Waals surface area contributed by atoms with Crippen molar-refractivity contribution in [3.63, 3.8) is 0 Å². The highest BCUT2D eigenvalue weighted by atomic mass is 32.2. The summed E-state index contributed by atoms with van der Waals surface area (Å²) in [6.45, 7) is 4.38. The molecule has 1 rings (SSSR count). The van der Waals surface area contributed by atoms with E-state index in [2.05, 4.69) is 11.6 Å². The van der Waals surface area contributed by atoms with Gasteiger partial charge >= 0.3 is 5.97 Å². The van der Waals surface area contributed by atoms with Crippen molar-refractivity contribution in [1.82, 2.24) is 9.03 Å². The number of hydrogen-bond donors (Lipinski definition) is 2. The number of carboxylic acid groups (broad SMARTS) is 1. The van der Waals surface area contributed by atoms with Gasteiger partial charge in [0.1, 0.15) is 6.04 Å². The van der Waals surface area contributed by atoms with E-state index < -0.39 is 22.2 Å². The fraction of sp³-hybridized carbons (Fsp3) is 0.929. The third-order valence-corrected chi connectivity index (χ3v) is 5.59. The van der Waals surface area contributed by atoms with Gasteiger partial charge in [0, 0.05) is 12.6 Å². The fourth-order valence-corrected chi connectivity index (χ4v) is 4.47. The van der Waals surface area contributed by atoms with Crippen molar-refractivity contribution in [1.29, 1.82) is 0 Å². The summed E-state index contributed by atoms with van der Waals surface area (Å²) in [6, 6.07) is -1.03. The Balaban J connectivity index is 2.78. The Kier molecular flexibility index (Phi) is 7.62. The van der Waals surface area contributed by atoms with Crippen molar-refractivity contribution in [3.8, 4) is 0 Å². The maximum absolute atomic E-state index is 12.5. The molecule has 6 nitrogen and oxygen atoms in total. The van der Waals surface area contributed by atoms with Crippen LogP contribution >= 0.6 is 0 Å². The SMILES string of the molecule is CCCCC(CCC)NS(=O)(=O)N1CCCCC1C(=O)O. The van der Waals surface area contributed by atoms with Crippen molar-refractivity contribution < 1.29 is 18.3 Å². The van der Waals surface area contributed by atoms with Crippen molar-refractivity contribution in [2.75, 3.05) is 6.54 Å². The second kappa shape index (κ2) is 8.70. The maximum atomic E-state index is 12.5. The Morgan fingerprint density at radius 3 is 2.57 bits per heavy atom. The van der Waals surface area contributed by atoms with E-state index in [0.29, 0.717) is 13.0 Å². The summed E-state index contributed by atoms with van der Waals surface area (Å²) >= 11 is 0. The Morgan fingerprint density at radius 2 is 2.00 bits per heavy atom. The minimum Gasteiger partial charge on any atom is -0.480 e. The predicted octanol–water partition coefficient (Wildman–Crippen LogP) is 2.12. The topological polar surface area (TPSA) is 86.7 Å². The molecule has 0 aromatic rings. The van der Waals surface area contributed by atoms with Crippen LogP contribution in [0.25, 0.3) is 0 Å². The summed E-state index contributed by atoms with van der Waals surface area (Å²) in [5.74, 6) is -1.05. The van der Waals surface area contributed by atoms with Crippen LogP contribution in [0.3, 0.4) is 0 Å². The second-order valence-corrected chi connectivity index (χ2v) is 7.37. The highest BCUT2D eigenvalue weighted by molar-refractivity contribution is 7.87. The number of nitrogens with one attached hydrogen (secondary N) is 1. The van der Waals surface area contributed by atoms with E-state index in [9.17, 15) is 18.3 Å². The van der Waals surface area contributed by atoms with E-state index in [1.165, 1.54) is 0 Å². The normalized spacial score (nSPS) is 22.1. The van der Waals surface area contributed by atoms with Gasteiger partial charge in [-0.15, -0.1) is 0 Å². The molecule has 0 aromatic heterocycles. The number of unbranched alkanes of at least 4 members (excludes halogenated alkanes) is 1. The monoisotopic (exact) mass is 320 g/mol. The van der Waals surface area contributed by atoms with Crippen LogP contribution in [0.5, 0.6) is 0 Å². The van der Waals surface area contributed by atoms with Gasteiger partial charge in [0.05, 0.1) is 0 Å². The van der Waals surface area contributed by atoms with Crippen LogP contribution < -0.4 is 4.72 Å². The highest BCUT2D eigenvalue weighted by Gasteiger charge is 2.37. The van der Waals surface area contributed by atoms with Gasteiger partial charge in [0.15, 0.2) is 0 Å². The van der Waals surface area contributed by atoms with Gasteiger partial charge in [0.25, 0.3) is 10.2 Å². The molecule has 1 saturated heterocycles. The molecular weight excluding hydrogens is 292 g/mol. The lowest BCUT2D eigenvalue weighted by molar-refractivity contribution is -0.142. The van der Waals surface area contributed by atoms with Gasteiger partial charge in [-0.05, 0) is 32.1 Å². The van der Waals surface area contributed by atoms with Crippen molar-refractivity contribution in [2.45, 2.75) is 77.3 Å². The number of piperidine rings is 1. The number of carbonyl (C=O) groups is 1. The Hall–Kier alpha value is -0.660. The molecule has 1 fully saturated rings. The molecule has 0 radical (unpaired) electrons. The zero-order chi connectivity index (χ0) is 15.9. The van der Waals surface area contributed by atoms with Crippen LogP contribution in [-0.2, 0) is 15.0 Å². The molecule has 0 spiro atoms. The molecule has 1 aliphatic rings. The molecule has 1 heterocycles. The number of carboxylic acids is 1. The zero-order valence-corrected chi connectivity index (χ0v) is 13.9. The van der Waals surface area contributed by atoms with E-state index >= 15 is 0 Å². The molecule has 0 aromatic carbocycles. The maximum Gasteiger partial charge on any atom is 0.322 e. The molecule has 1 aliphatic heterocycles. The van der Waals surface area contributed by atoms with Gasteiger partial charge in [-0.3, -0.25) is 4.79 Å². The van der Waals surface area contributed by atoms with Crippen LogP contribution in [0.1, 0.15) is 65.2 Å². The number of aliphatic carboxylic acids is 1. The largest absolute Gasteiger partial charge is 0.480 e. The first-order chi connectivity index (χ1) is 9.92. The van der Waals surface area contributed by atoms with E-state index in [1.54, 1.807) is 0 Å². The third-order valence-electron chi connectivity index (χ3n) is 3.91. The molecule has 0 saturated carbocycles. The molecule has 0 bridgehead atoms. The van der Waals surface area contributed by atoms with Crippen LogP contribution in [0.2, 0.25) is 0 Å². The third kappa shape index (κ3) is 5.56. The van der Waals surface area contributed by atoms with Crippen LogP contribution in [0.4, 0.5) is 0 Å². The molecule has 2 atom stereocenters. The van der Waals surface area contributed by atoms with Crippen LogP contribution in [0, 0.1) is 0 Å². The Morgan fingerprint density at radius 1 is 1.29 bits per heavy atom. The quantitative estimate of drug-likeness (QED) is 0.681. The summed E-state index contributed by atoms with van der Waals surface area (Å²) in [5, 5.41) is 9.22. The van der Waals surface area contributed by atoms with Gasteiger partial charge in [-0.2, -0.15) is 17.4 Å². The predicted molar refractivity (Wildman–Crippen MR) is 82.3 cm³/mol. The standard InChI is InChI=1S/C14H28N2O4S/c1-3-5-9-12(8-4-2)15-21(19,20)16-11-7-6-10-13(16)14(17)18/h12-13,15H,3-11H2,1-2H3,(H,17,18). The highest BCUT2D eigenvalue weighted by Crippen LogP contribution is 2.21. The molecule has 7 heteroatoms. The summed E-state index contributed by atoms with van der Waals surface area (Å²) < 4.78 is 28.9. The summed E-state index contributed by atoms with van der Waals surface area (Å²) in [5.41, 5.74) is 0. The fourth-order valence-electron chi connectivity index (χ4n) is 2.78. The molecule has 2 N–H and O–H groups in total. The molecule has 124 valence electrons. The average molecular weight is 320 g/mol. The summed E-state index contributed by atoms with van der Waals surface area (Å²) in [4.78, 5) is 11.3. The lowest BCUT2D eigenvalue weighted by Crippen LogP contribution is -2.54.